The predicted octanol–water partition coefficient (Wildman–Crippen LogP) is 4.30. The van der Waals surface area contributed by atoms with Crippen LogP contribution in [0, 0.1) is 17.8 Å². The maximum Gasteiger partial charge on any atom is -0.0248 e. The fourth-order valence-electron chi connectivity index (χ4n) is 3.11. The average molecular weight is 202 g/mol. The zero-order valence-corrected chi connectivity index (χ0v) is 9.95. The molecule has 15 heavy (non-hydrogen) atoms. The molecule has 0 N–H and O–H groups in total. The Morgan fingerprint density at radius 1 is 1.13 bits per heavy atom. The van der Waals surface area contributed by atoms with Crippen molar-refractivity contribution < 1.29 is 0 Å². The summed E-state index contributed by atoms with van der Waals surface area (Å²) in [4.78, 5) is 0. The minimum Gasteiger partial charge on any atom is -0.0625 e. The van der Waals surface area contributed by atoms with E-state index >= 15 is 0 Å². The minimum absolute atomic E-state index is 0.862. The zero-order valence-electron chi connectivity index (χ0n) is 9.95. The van der Waals surface area contributed by atoms with Crippen LogP contribution in [0.25, 0.3) is 0 Å². The highest BCUT2D eigenvalue weighted by Gasteiger charge is 2.29. The first-order chi connectivity index (χ1) is 7.27. The van der Waals surface area contributed by atoms with E-state index in [1.54, 1.807) is 0 Å². The second kappa shape index (κ2) is 4.83. The lowest BCUT2D eigenvalue weighted by Gasteiger charge is -2.23. The summed E-state index contributed by atoms with van der Waals surface area (Å²) in [5, 5.41) is 0. The van der Waals surface area contributed by atoms with Crippen LogP contribution >= 0.6 is 0 Å². The largest absolute Gasteiger partial charge is 0.0625 e. The number of benzene rings is 1. The van der Waals surface area contributed by atoms with E-state index in [4.69, 9.17) is 0 Å². The molecule has 0 heteroatoms. The van der Waals surface area contributed by atoms with Gasteiger partial charge in [-0.25, -0.2) is 0 Å². The van der Waals surface area contributed by atoms with Gasteiger partial charge in [0, 0.05) is 0 Å². The van der Waals surface area contributed by atoms with Crippen molar-refractivity contribution in [2.45, 2.75) is 39.5 Å². The lowest BCUT2D eigenvalue weighted by atomic mass is 9.82. The molecular weight excluding hydrogens is 180 g/mol. The van der Waals surface area contributed by atoms with Gasteiger partial charge in [0.05, 0.1) is 0 Å². The summed E-state index contributed by atoms with van der Waals surface area (Å²) in [6.45, 7) is 4.77. The normalized spacial score (nSPS) is 26.1. The zero-order chi connectivity index (χ0) is 10.7. The first-order valence-electron chi connectivity index (χ1n) is 6.31. The molecule has 2 atom stereocenters. The summed E-state index contributed by atoms with van der Waals surface area (Å²) in [5.41, 5.74) is 1.52. The molecule has 0 saturated heterocycles. The van der Waals surface area contributed by atoms with E-state index in [2.05, 4.69) is 44.2 Å². The monoisotopic (exact) mass is 202 g/mol. The quantitative estimate of drug-likeness (QED) is 0.685. The van der Waals surface area contributed by atoms with E-state index in [9.17, 15) is 0 Å². The van der Waals surface area contributed by atoms with Gasteiger partial charge in [-0.2, -0.15) is 0 Å². The van der Waals surface area contributed by atoms with Crippen LogP contribution in [0.2, 0.25) is 0 Å². The third-order valence-corrected chi connectivity index (χ3v) is 3.91. The maximum atomic E-state index is 2.38. The molecule has 0 aromatic heterocycles. The van der Waals surface area contributed by atoms with Crippen LogP contribution < -0.4 is 0 Å². The van der Waals surface area contributed by atoms with Gasteiger partial charge in [0.1, 0.15) is 0 Å². The van der Waals surface area contributed by atoms with Crippen molar-refractivity contribution in [2.24, 2.45) is 17.8 Å². The van der Waals surface area contributed by atoms with Gasteiger partial charge in [-0.3, -0.25) is 0 Å². The Kier molecular flexibility index (Phi) is 3.45. The summed E-state index contributed by atoms with van der Waals surface area (Å²) >= 11 is 0. The van der Waals surface area contributed by atoms with Crippen molar-refractivity contribution in [3.63, 3.8) is 0 Å². The summed E-state index contributed by atoms with van der Waals surface area (Å²) in [6, 6.07) is 11.0. The standard InChI is InChI=1S/C15H22/c1-12(2)15-10-6-9-14(15)11-13-7-4-3-5-8-13/h3-5,7-8,12,14-15H,6,9-11H2,1-2H3. The molecule has 0 aliphatic heterocycles. The SMILES string of the molecule is CC(C)C1CCCC1Cc1ccccc1. The van der Waals surface area contributed by atoms with Gasteiger partial charge < -0.3 is 0 Å². The minimum atomic E-state index is 0.862. The van der Waals surface area contributed by atoms with Gasteiger partial charge in [-0.1, -0.05) is 50.6 Å². The van der Waals surface area contributed by atoms with E-state index in [-0.39, 0.29) is 0 Å². The molecule has 1 aromatic carbocycles. The van der Waals surface area contributed by atoms with Gasteiger partial charge in [0.25, 0.3) is 0 Å². The summed E-state index contributed by atoms with van der Waals surface area (Å²) in [5.74, 6) is 2.76. The number of rotatable bonds is 3. The van der Waals surface area contributed by atoms with Crippen molar-refractivity contribution >= 4 is 0 Å². The van der Waals surface area contributed by atoms with E-state index < -0.39 is 0 Å². The summed E-state index contributed by atoms with van der Waals surface area (Å²) in [7, 11) is 0. The molecule has 0 radical (unpaired) electrons. The second-order valence-electron chi connectivity index (χ2n) is 5.29. The molecule has 2 rings (SSSR count). The molecule has 0 spiro atoms. The van der Waals surface area contributed by atoms with Gasteiger partial charge in [0.15, 0.2) is 0 Å². The Morgan fingerprint density at radius 2 is 1.87 bits per heavy atom. The first-order valence-corrected chi connectivity index (χ1v) is 6.31. The molecule has 1 aromatic rings. The first kappa shape index (κ1) is 10.7. The lowest BCUT2D eigenvalue weighted by molar-refractivity contribution is 0.294. The van der Waals surface area contributed by atoms with Crippen LogP contribution in [0.15, 0.2) is 30.3 Å². The predicted molar refractivity (Wildman–Crippen MR) is 65.8 cm³/mol. The van der Waals surface area contributed by atoms with Crippen LogP contribution in [-0.4, -0.2) is 0 Å². The smallest absolute Gasteiger partial charge is 0.0248 e. The third kappa shape index (κ3) is 2.62. The van der Waals surface area contributed by atoms with Crippen molar-refractivity contribution in [3.8, 4) is 0 Å². The van der Waals surface area contributed by atoms with Crippen LogP contribution in [0.1, 0.15) is 38.7 Å². The molecule has 0 bridgehead atoms. The van der Waals surface area contributed by atoms with Gasteiger partial charge in [-0.05, 0) is 42.6 Å². The average Bonchev–Trinajstić information content (AvgIpc) is 2.67. The molecule has 2 unspecified atom stereocenters. The Hall–Kier alpha value is -0.780. The molecule has 1 aliphatic carbocycles. The Morgan fingerprint density at radius 3 is 2.53 bits per heavy atom. The Labute approximate surface area is 93.7 Å². The van der Waals surface area contributed by atoms with Crippen LogP contribution in [0.5, 0.6) is 0 Å². The molecular formula is C15H22. The molecule has 0 amide bonds. The number of hydrogen-bond acceptors (Lipinski definition) is 0. The van der Waals surface area contributed by atoms with Crippen LogP contribution in [-0.2, 0) is 6.42 Å². The highest BCUT2D eigenvalue weighted by Crippen LogP contribution is 2.38. The Bertz CT molecular complexity index is 286. The van der Waals surface area contributed by atoms with Gasteiger partial charge in [0.2, 0.25) is 0 Å². The van der Waals surface area contributed by atoms with E-state index in [1.165, 1.54) is 31.2 Å². The van der Waals surface area contributed by atoms with Crippen molar-refractivity contribution in [2.75, 3.05) is 0 Å². The van der Waals surface area contributed by atoms with E-state index in [1.807, 2.05) is 0 Å². The molecule has 0 heterocycles. The highest BCUT2D eigenvalue weighted by molar-refractivity contribution is 5.15. The molecule has 82 valence electrons. The Balaban J connectivity index is 2.00. The fourth-order valence-corrected chi connectivity index (χ4v) is 3.11. The van der Waals surface area contributed by atoms with Crippen molar-refractivity contribution in [1.82, 2.24) is 0 Å². The van der Waals surface area contributed by atoms with E-state index in [0.29, 0.717) is 0 Å². The molecule has 1 aliphatic rings. The summed E-state index contributed by atoms with van der Waals surface area (Å²) in [6.07, 6.45) is 5.64. The maximum absolute atomic E-state index is 2.38. The van der Waals surface area contributed by atoms with Crippen LogP contribution in [0.3, 0.4) is 0 Å². The fraction of sp³-hybridized carbons (Fsp3) is 0.600. The molecule has 1 saturated carbocycles. The summed E-state index contributed by atoms with van der Waals surface area (Å²) < 4.78 is 0. The molecule has 1 fully saturated rings. The highest BCUT2D eigenvalue weighted by atomic mass is 14.3. The van der Waals surface area contributed by atoms with E-state index in [0.717, 1.165) is 17.8 Å². The van der Waals surface area contributed by atoms with Crippen molar-refractivity contribution in [3.05, 3.63) is 35.9 Å². The van der Waals surface area contributed by atoms with Crippen molar-refractivity contribution in [1.29, 1.82) is 0 Å². The van der Waals surface area contributed by atoms with Crippen LogP contribution in [0.4, 0.5) is 0 Å². The second-order valence-corrected chi connectivity index (χ2v) is 5.29. The van der Waals surface area contributed by atoms with Gasteiger partial charge >= 0.3 is 0 Å². The third-order valence-electron chi connectivity index (χ3n) is 3.91. The topological polar surface area (TPSA) is 0 Å². The lowest BCUT2D eigenvalue weighted by Crippen LogP contribution is -2.16. The van der Waals surface area contributed by atoms with Gasteiger partial charge in [-0.15, -0.1) is 0 Å². The molecule has 0 nitrogen and oxygen atoms in total. The number of hydrogen-bond donors (Lipinski definition) is 0.